The van der Waals surface area contributed by atoms with E-state index in [9.17, 15) is 0 Å². The summed E-state index contributed by atoms with van der Waals surface area (Å²) in [7, 11) is 0. The molecule has 51 heavy (non-hydrogen) atoms. The highest BCUT2D eigenvalue weighted by Gasteiger charge is 2.38. The van der Waals surface area contributed by atoms with Crippen LogP contribution in [0.15, 0.2) is 158 Å². The minimum atomic E-state index is -0.112. The third-order valence-electron chi connectivity index (χ3n) is 10.9. The molecule has 0 saturated heterocycles. The zero-order valence-corrected chi connectivity index (χ0v) is 30.7. The van der Waals surface area contributed by atoms with Crippen LogP contribution in [0.4, 0.5) is 17.1 Å². The second-order valence-corrected chi connectivity index (χ2v) is 16.4. The van der Waals surface area contributed by atoms with Gasteiger partial charge in [-0.2, -0.15) is 0 Å². The van der Waals surface area contributed by atoms with Gasteiger partial charge in [-0.25, -0.2) is 0 Å². The Hall–Kier alpha value is -5.44. The van der Waals surface area contributed by atoms with Crippen LogP contribution in [-0.4, -0.2) is 0 Å². The first kappa shape index (κ1) is 31.5. The Bertz CT molecular complexity index is 2600. The molecule has 0 unspecified atom stereocenters. The van der Waals surface area contributed by atoms with E-state index < -0.39 is 0 Å². The van der Waals surface area contributed by atoms with Crippen LogP contribution in [-0.2, 0) is 10.8 Å². The summed E-state index contributed by atoms with van der Waals surface area (Å²) in [6, 6.07) is 58.5. The number of benzene rings is 7. The van der Waals surface area contributed by atoms with Crippen LogP contribution in [0.25, 0.3) is 53.6 Å². The molecule has 0 fully saturated rings. The van der Waals surface area contributed by atoms with Gasteiger partial charge in [0.15, 0.2) is 0 Å². The van der Waals surface area contributed by atoms with Gasteiger partial charge in [-0.1, -0.05) is 168 Å². The molecular weight excluding hydrogens is 635 g/mol. The number of para-hydroxylation sites is 2. The lowest BCUT2D eigenvalue weighted by Gasteiger charge is -2.31. The van der Waals surface area contributed by atoms with E-state index in [1.165, 1.54) is 75.9 Å². The molecule has 0 atom stereocenters. The first-order chi connectivity index (χ1) is 24.7. The SMILES string of the molecule is CC(C)(C)c1ccc2c(c1)C(C)(C)c1cccc(-c3ccccc3N(c3ccccc3-c3ccccc3)c3cccc4c3sc3ccccc34)c1-2. The molecule has 1 aliphatic carbocycles. The van der Waals surface area contributed by atoms with Crippen molar-refractivity contribution in [2.75, 3.05) is 4.90 Å². The second kappa shape index (κ2) is 11.8. The Kier molecular flexibility index (Phi) is 7.31. The maximum atomic E-state index is 2.53. The summed E-state index contributed by atoms with van der Waals surface area (Å²) in [6.45, 7) is 11.7. The predicted octanol–water partition coefficient (Wildman–Crippen LogP) is 14.5. The molecule has 1 nitrogen and oxygen atoms in total. The average molecular weight is 676 g/mol. The van der Waals surface area contributed by atoms with Gasteiger partial charge in [-0.3, -0.25) is 0 Å². The third-order valence-corrected chi connectivity index (χ3v) is 12.1. The lowest BCUT2D eigenvalue weighted by molar-refractivity contribution is 0.584. The molecule has 2 heteroatoms. The number of hydrogen-bond donors (Lipinski definition) is 0. The fraction of sp³-hybridized carbons (Fsp3) is 0.143. The third kappa shape index (κ3) is 5.04. The molecule has 1 aromatic heterocycles. The molecule has 0 bridgehead atoms. The summed E-state index contributed by atoms with van der Waals surface area (Å²) >= 11 is 1.88. The van der Waals surface area contributed by atoms with Crippen LogP contribution in [0.5, 0.6) is 0 Å². The van der Waals surface area contributed by atoms with E-state index in [1.54, 1.807) is 0 Å². The molecule has 0 amide bonds. The fourth-order valence-electron chi connectivity index (χ4n) is 8.20. The standard InChI is InChI=1S/C49H41NS/c1-48(2,3)33-29-30-39-41(31-33)49(4,5)40-24-15-22-37(46(39)40)35-20-10-13-26-43(35)50(42-25-12-9-19-34(42)32-17-7-6-8-18-32)44-27-16-23-38-36-21-11-14-28-45(36)51-47(38)44/h6-31H,1-5H3. The molecule has 1 heterocycles. The van der Waals surface area contributed by atoms with Crippen molar-refractivity contribution in [3.8, 4) is 33.4 Å². The van der Waals surface area contributed by atoms with Crippen LogP contribution >= 0.6 is 11.3 Å². The van der Waals surface area contributed by atoms with Crippen LogP contribution < -0.4 is 4.90 Å². The van der Waals surface area contributed by atoms with Crippen LogP contribution in [0.2, 0.25) is 0 Å². The molecule has 0 saturated carbocycles. The Morgan fingerprint density at radius 2 is 1.10 bits per heavy atom. The topological polar surface area (TPSA) is 3.24 Å². The molecule has 248 valence electrons. The van der Waals surface area contributed by atoms with Crippen LogP contribution in [0, 0.1) is 0 Å². The van der Waals surface area contributed by atoms with E-state index in [0.717, 1.165) is 11.4 Å². The maximum Gasteiger partial charge on any atom is 0.0640 e. The van der Waals surface area contributed by atoms with Gasteiger partial charge < -0.3 is 4.90 Å². The Labute approximate surface area is 305 Å². The van der Waals surface area contributed by atoms with Gasteiger partial charge in [0.1, 0.15) is 0 Å². The van der Waals surface area contributed by atoms with E-state index in [1.807, 2.05) is 11.3 Å². The van der Waals surface area contributed by atoms with Gasteiger partial charge in [-0.05, 0) is 68.6 Å². The number of rotatable bonds is 5. The van der Waals surface area contributed by atoms with Crippen molar-refractivity contribution in [1.82, 2.24) is 0 Å². The quantitative estimate of drug-likeness (QED) is 0.175. The molecule has 9 rings (SSSR count). The molecule has 0 spiro atoms. The minimum Gasteiger partial charge on any atom is -0.308 e. The number of hydrogen-bond acceptors (Lipinski definition) is 2. The summed E-state index contributed by atoms with van der Waals surface area (Å²) < 4.78 is 2.59. The Morgan fingerprint density at radius 3 is 1.88 bits per heavy atom. The van der Waals surface area contributed by atoms with Crippen molar-refractivity contribution in [1.29, 1.82) is 0 Å². The van der Waals surface area contributed by atoms with Gasteiger partial charge in [0.2, 0.25) is 0 Å². The van der Waals surface area contributed by atoms with Crippen molar-refractivity contribution in [3.63, 3.8) is 0 Å². The fourth-order valence-corrected chi connectivity index (χ4v) is 9.41. The first-order valence-electron chi connectivity index (χ1n) is 17.9. The van der Waals surface area contributed by atoms with Gasteiger partial charge in [0.25, 0.3) is 0 Å². The van der Waals surface area contributed by atoms with Crippen molar-refractivity contribution < 1.29 is 0 Å². The van der Waals surface area contributed by atoms with Gasteiger partial charge in [0, 0.05) is 32.0 Å². The lowest BCUT2D eigenvalue weighted by atomic mass is 9.79. The van der Waals surface area contributed by atoms with E-state index in [0.29, 0.717) is 0 Å². The minimum absolute atomic E-state index is 0.0789. The van der Waals surface area contributed by atoms with Crippen LogP contribution in [0.1, 0.15) is 51.3 Å². The van der Waals surface area contributed by atoms with E-state index in [-0.39, 0.29) is 10.8 Å². The molecule has 1 aliphatic rings. The molecule has 7 aromatic carbocycles. The Morgan fingerprint density at radius 1 is 0.490 bits per heavy atom. The normalized spacial score (nSPS) is 13.4. The van der Waals surface area contributed by atoms with E-state index in [2.05, 4.69) is 197 Å². The smallest absolute Gasteiger partial charge is 0.0640 e. The van der Waals surface area contributed by atoms with Crippen molar-refractivity contribution >= 4 is 48.6 Å². The summed E-state index contributed by atoms with van der Waals surface area (Å²) in [4.78, 5) is 2.53. The molecular formula is C49H41NS. The van der Waals surface area contributed by atoms with Crippen molar-refractivity contribution in [2.45, 2.75) is 45.4 Å². The molecule has 0 N–H and O–H groups in total. The second-order valence-electron chi connectivity index (χ2n) is 15.4. The zero-order chi connectivity index (χ0) is 34.9. The zero-order valence-electron chi connectivity index (χ0n) is 29.9. The highest BCUT2D eigenvalue weighted by atomic mass is 32.1. The highest BCUT2D eigenvalue weighted by Crippen LogP contribution is 2.55. The molecule has 0 aliphatic heterocycles. The van der Waals surface area contributed by atoms with Crippen molar-refractivity contribution in [3.05, 3.63) is 174 Å². The number of fused-ring (bicyclic) bond motifs is 6. The van der Waals surface area contributed by atoms with Gasteiger partial charge in [0.05, 0.1) is 21.8 Å². The summed E-state index contributed by atoms with van der Waals surface area (Å²) in [5.41, 5.74) is 15.2. The summed E-state index contributed by atoms with van der Waals surface area (Å²) in [5, 5.41) is 2.59. The van der Waals surface area contributed by atoms with Gasteiger partial charge >= 0.3 is 0 Å². The predicted molar refractivity (Wildman–Crippen MR) is 221 cm³/mol. The number of thiophene rings is 1. The first-order valence-corrected chi connectivity index (χ1v) is 18.8. The summed E-state index contributed by atoms with van der Waals surface area (Å²) in [5.74, 6) is 0. The van der Waals surface area contributed by atoms with Crippen LogP contribution in [0.3, 0.4) is 0 Å². The van der Waals surface area contributed by atoms with E-state index >= 15 is 0 Å². The number of nitrogens with zero attached hydrogens (tertiary/aromatic N) is 1. The van der Waals surface area contributed by atoms with Gasteiger partial charge in [-0.15, -0.1) is 11.3 Å². The average Bonchev–Trinajstić information content (AvgIpc) is 3.65. The number of anilines is 3. The molecule has 0 radical (unpaired) electrons. The molecule has 8 aromatic rings. The Balaban J connectivity index is 1.34. The maximum absolute atomic E-state index is 2.53. The highest BCUT2D eigenvalue weighted by molar-refractivity contribution is 7.26. The van der Waals surface area contributed by atoms with Crippen molar-refractivity contribution in [2.24, 2.45) is 0 Å². The summed E-state index contributed by atoms with van der Waals surface area (Å²) in [6.07, 6.45) is 0. The largest absolute Gasteiger partial charge is 0.308 e. The monoisotopic (exact) mass is 675 g/mol. The lowest BCUT2D eigenvalue weighted by Crippen LogP contribution is -2.17. The van der Waals surface area contributed by atoms with E-state index in [4.69, 9.17) is 0 Å².